The normalized spacial score (nSPS) is 19.9. The highest BCUT2D eigenvalue weighted by Crippen LogP contribution is 2.37. The van der Waals surface area contributed by atoms with Gasteiger partial charge in [-0.15, -0.1) is 0 Å². The highest BCUT2D eigenvalue weighted by atomic mass is 35.5. The topological polar surface area (TPSA) is 37.3 Å². The van der Waals surface area contributed by atoms with Crippen molar-refractivity contribution in [3.8, 4) is 0 Å². The van der Waals surface area contributed by atoms with Crippen LogP contribution in [0.5, 0.6) is 0 Å². The molecule has 0 spiro atoms. The molecule has 1 N–H and O–H groups in total. The van der Waals surface area contributed by atoms with Crippen LogP contribution in [0.1, 0.15) is 23.5 Å². The Morgan fingerprint density at radius 1 is 1.54 bits per heavy atom. The number of aliphatic carboxylic acids is 1. The minimum atomic E-state index is -0.771. The number of fused-ring (bicyclic) bond motifs is 1. The number of benzene rings is 1. The molecule has 1 atom stereocenters. The van der Waals surface area contributed by atoms with Gasteiger partial charge in [-0.2, -0.15) is 0 Å². The van der Waals surface area contributed by atoms with Gasteiger partial charge in [0, 0.05) is 5.02 Å². The second-order valence-corrected chi connectivity index (χ2v) is 3.65. The Bertz CT molecular complexity index is 360. The fraction of sp³-hybridized carbons (Fsp3) is 0.300. The summed E-state index contributed by atoms with van der Waals surface area (Å²) in [6.07, 6.45) is 1.50. The highest BCUT2D eigenvalue weighted by Gasteiger charge is 2.29. The maximum Gasteiger partial charge on any atom is 0.311 e. The van der Waals surface area contributed by atoms with Gasteiger partial charge in [0.1, 0.15) is 0 Å². The third-order valence-electron chi connectivity index (χ3n) is 2.49. The van der Waals surface area contributed by atoms with Gasteiger partial charge in [-0.05, 0) is 30.0 Å². The molecular formula is C10H9ClO2. The SMILES string of the molecule is O=C(O)[C@@H]1CCc2cccc(Cl)c21. The van der Waals surface area contributed by atoms with Crippen LogP contribution in [-0.4, -0.2) is 11.1 Å². The summed E-state index contributed by atoms with van der Waals surface area (Å²) in [5.74, 6) is -1.17. The maximum absolute atomic E-state index is 10.9. The van der Waals surface area contributed by atoms with Gasteiger partial charge in [-0.25, -0.2) is 0 Å². The van der Waals surface area contributed by atoms with Crippen LogP contribution in [0.15, 0.2) is 18.2 Å². The van der Waals surface area contributed by atoms with E-state index in [1.165, 1.54) is 0 Å². The molecule has 0 aromatic heterocycles. The molecule has 0 saturated carbocycles. The number of carboxylic acid groups (broad SMARTS) is 1. The molecule has 3 heteroatoms. The van der Waals surface area contributed by atoms with Gasteiger partial charge in [-0.3, -0.25) is 4.79 Å². The van der Waals surface area contributed by atoms with Crippen LogP contribution in [0, 0.1) is 0 Å². The molecule has 68 valence electrons. The van der Waals surface area contributed by atoms with E-state index in [9.17, 15) is 4.79 Å². The molecule has 1 aliphatic carbocycles. The summed E-state index contributed by atoms with van der Waals surface area (Å²) in [4.78, 5) is 10.9. The maximum atomic E-state index is 10.9. The van der Waals surface area contributed by atoms with Gasteiger partial charge in [-0.1, -0.05) is 23.7 Å². The molecule has 0 bridgehead atoms. The third-order valence-corrected chi connectivity index (χ3v) is 2.82. The van der Waals surface area contributed by atoms with Crippen molar-refractivity contribution in [1.29, 1.82) is 0 Å². The van der Waals surface area contributed by atoms with E-state index in [-0.39, 0.29) is 0 Å². The molecule has 0 aliphatic heterocycles. The average molecular weight is 197 g/mol. The Hall–Kier alpha value is -1.02. The standard InChI is InChI=1S/C10H9ClO2/c11-8-3-1-2-6-4-5-7(9(6)8)10(12)13/h1-3,7H,4-5H2,(H,12,13)/t7-/m1/s1. The van der Waals surface area contributed by atoms with E-state index >= 15 is 0 Å². The fourth-order valence-corrected chi connectivity index (χ4v) is 2.21. The first-order chi connectivity index (χ1) is 6.20. The summed E-state index contributed by atoms with van der Waals surface area (Å²) < 4.78 is 0. The summed E-state index contributed by atoms with van der Waals surface area (Å²) in [5, 5.41) is 9.51. The van der Waals surface area contributed by atoms with Crippen molar-refractivity contribution in [2.75, 3.05) is 0 Å². The van der Waals surface area contributed by atoms with E-state index in [1.54, 1.807) is 6.07 Å². The van der Waals surface area contributed by atoms with E-state index in [0.717, 1.165) is 17.5 Å². The molecule has 0 heterocycles. The van der Waals surface area contributed by atoms with Gasteiger partial charge in [0.2, 0.25) is 0 Å². The summed E-state index contributed by atoms with van der Waals surface area (Å²) in [7, 11) is 0. The number of hydrogen-bond donors (Lipinski definition) is 1. The Balaban J connectivity index is 2.52. The predicted octanol–water partition coefficient (Wildman–Crippen LogP) is 2.45. The van der Waals surface area contributed by atoms with Crippen LogP contribution in [-0.2, 0) is 11.2 Å². The van der Waals surface area contributed by atoms with E-state index < -0.39 is 11.9 Å². The fourth-order valence-electron chi connectivity index (χ4n) is 1.88. The van der Waals surface area contributed by atoms with Crippen molar-refractivity contribution in [1.82, 2.24) is 0 Å². The summed E-state index contributed by atoms with van der Waals surface area (Å²) >= 11 is 5.95. The number of carboxylic acids is 1. The van der Waals surface area contributed by atoms with E-state index in [0.29, 0.717) is 11.4 Å². The van der Waals surface area contributed by atoms with Gasteiger partial charge < -0.3 is 5.11 Å². The van der Waals surface area contributed by atoms with Crippen molar-refractivity contribution in [3.63, 3.8) is 0 Å². The van der Waals surface area contributed by atoms with E-state index in [1.807, 2.05) is 12.1 Å². The minimum Gasteiger partial charge on any atom is -0.481 e. The van der Waals surface area contributed by atoms with Crippen molar-refractivity contribution >= 4 is 17.6 Å². The monoisotopic (exact) mass is 196 g/mol. The molecule has 0 unspecified atom stereocenters. The molecule has 1 aromatic rings. The zero-order chi connectivity index (χ0) is 9.42. The predicted molar refractivity (Wildman–Crippen MR) is 50.1 cm³/mol. The molecule has 0 saturated heterocycles. The second kappa shape index (κ2) is 3.04. The second-order valence-electron chi connectivity index (χ2n) is 3.24. The average Bonchev–Trinajstić information content (AvgIpc) is 2.49. The quantitative estimate of drug-likeness (QED) is 0.749. The van der Waals surface area contributed by atoms with Crippen molar-refractivity contribution < 1.29 is 9.90 Å². The molecule has 1 aliphatic rings. The van der Waals surface area contributed by atoms with Crippen LogP contribution in [0.2, 0.25) is 5.02 Å². The molecule has 2 rings (SSSR count). The Morgan fingerprint density at radius 3 is 3.00 bits per heavy atom. The highest BCUT2D eigenvalue weighted by molar-refractivity contribution is 6.31. The van der Waals surface area contributed by atoms with Crippen LogP contribution in [0.4, 0.5) is 0 Å². The van der Waals surface area contributed by atoms with Crippen molar-refractivity contribution in [2.45, 2.75) is 18.8 Å². The molecule has 1 aromatic carbocycles. The van der Waals surface area contributed by atoms with Gasteiger partial charge >= 0.3 is 5.97 Å². The minimum absolute atomic E-state index is 0.399. The Labute approximate surface area is 81.1 Å². The smallest absolute Gasteiger partial charge is 0.311 e. The lowest BCUT2D eigenvalue weighted by molar-refractivity contribution is -0.138. The number of carbonyl (C=O) groups is 1. The van der Waals surface area contributed by atoms with E-state index in [4.69, 9.17) is 16.7 Å². The molecule has 0 amide bonds. The largest absolute Gasteiger partial charge is 0.481 e. The van der Waals surface area contributed by atoms with Gasteiger partial charge in [0.05, 0.1) is 5.92 Å². The molecule has 2 nitrogen and oxygen atoms in total. The van der Waals surface area contributed by atoms with Crippen LogP contribution < -0.4 is 0 Å². The third kappa shape index (κ3) is 1.31. The van der Waals surface area contributed by atoms with Gasteiger partial charge in [0.15, 0.2) is 0 Å². The zero-order valence-corrected chi connectivity index (χ0v) is 7.71. The Kier molecular flexibility index (Phi) is 2.00. The summed E-state index contributed by atoms with van der Waals surface area (Å²) in [6.45, 7) is 0. The summed E-state index contributed by atoms with van der Waals surface area (Å²) in [5.41, 5.74) is 1.90. The Morgan fingerprint density at radius 2 is 2.31 bits per heavy atom. The van der Waals surface area contributed by atoms with Crippen molar-refractivity contribution in [2.24, 2.45) is 0 Å². The van der Waals surface area contributed by atoms with Crippen LogP contribution in [0.3, 0.4) is 0 Å². The number of halogens is 1. The molecule has 13 heavy (non-hydrogen) atoms. The zero-order valence-electron chi connectivity index (χ0n) is 6.96. The van der Waals surface area contributed by atoms with Crippen LogP contribution in [0.25, 0.3) is 0 Å². The first-order valence-corrected chi connectivity index (χ1v) is 4.58. The number of hydrogen-bond acceptors (Lipinski definition) is 1. The summed E-state index contributed by atoms with van der Waals surface area (Å²) in [6, 6.07) is 5.57. The number of rotatable bonds is 1. The molecular weight excluding hydrogens is 188 g/mol. The lowest BCUT2D eigenvalue weighted by Crippen LogP contribution is -2.08. The lowest BCUT2D eigenvalue weighted by atomic mass is 10.0. The molecule has 0 fully saturated rings. The first-order valence-electron chi connectivity index (χ1n) is 4.20. The number of aryl methyl sites for hydroxylation is 1. The first kappa shape index (κ1) is 8.57. The van der Waals surface area contributed by atoms with Crippen molar-refractivity contribution in [3.05, 3.63) is 34.3 Å². The van der Waals surface area contributed by atoms with Gasteiger partial charge in [0.25, 0.3) is 0 Å². The molecule has 0 radical (unpaired) electrons. The lowest BCUT2D eigenvalue weighted by Gasteiger charge is -2.07. The van der Waals surface area contributed by atoms with Crippen LogP contribution >= 0.6 is 11.6 Å². The van der Waals surface area contributed by atoms with E-state index in [2.05, 4.69) is 0 Å².